The van der Waals surface area contributed by atoms with Crippen LogP contribution < -0.4 is 10.1 Å². The van der Waals surface area contributed by atoms with Crippen LogP contribution in [0.15, 0.2) is 71.9 Å². The number of benzene rings is 2. The number of carbonyl (C=O) groups excluding carboxylic acids is 2. The third-order valence-corrected chi connectivity index (χ3v) is 9.12. The topological polar surface area (TPSA) is 129 Å². The predicted octanol–water partition coefficient (Wildman–Crippen LogP) is 3.11. The molecule has 4 rings (SSSR count). The van der Waals surface area contributed by atoms with Crippen molar-refractivity contribution >= 4 is 27.5 Å². The number of aliphatic hydroxyl groups excluding tert-OH is 1. The lowest BCUT2D eigenvalue weighted by Gasteiger charge is -2.33. The Balaban J connectivity index is 1.65. The van der Waals surface area contributed by atoms with Gasteiger partial charge in [-0.05, 0) is 56.3 Å². The Labute approximate surface area is 241 Å². The number of hydrogen-bond donors (Lipinski definition) is 2. The Morgan fingerprint density at radius 1 is 1.17 bits per heavy atom. The molecule has 1 aromatic heterocycles. The summed E-state index contributed by atoms with van der Waals surface area (Å²) in [4.78, 5) is 31.9. The second kappa shape index (κ2) is 12.8. The van der Waals surface area contributed by atoms with Gasteiger partial charge in [-0.25, -0.2) is 8.42 Å². The number of nitrogens with zero attached hydrogens (tertiary/aromatic N) is 3. The number of nitrogens with one attached hydrogen (secondary N) is 1. The molecule has 2 N–H and O–H groups in total. The number of anilines is 1. The minimum Gasteiger partial charge on any atom is -0.488 e. The highest BCUT2D eigenvalue weighted by molar-refractivity contribution is 7.89. The second-order valence-electron chi connectivity index (χ2n) is 10.5. The highest BCUT2D eigenvalue weighted by atomic mass is 32.2. The van der Waals surface area contributed by atoms with E-state index in [4.69, 9.17) is 4.74 Å². The van der Waals surface area contributed by atoms with Gasteiger partial charge in [0.05, 0.1) is 30.5 Å². The van der Waals surface area contributed by atoms with Crippen molar-refractivity contribution in [1.82, 2.24) is 14.2 Å². The minimum absolute atomic E-state index is 0.0183. The molecule has 3 atom stereocenters. The summed E-state index contributed by atoms with van der Waals surface area (Å²) in [5.74, 6) is -0.382. The number of aryl methyl sites for hydroxylation is 1. The molecule has 1 aliphatic heterocycles. The lowest BCUT2D eigenvalue weighted by atomic mass is 10.0. The van der Waals surface area contributed by atoms with Gasteiger partial charge in [-0.1, -0.05) is 24.6 Å². The number of amides is 2. The molecule has 0 radical (unpaired) electrons. The molecular formula is C30H36N4O6S. The van der Waals surface area contributed by atoms with Crippen molar-refractivity contribution < 1.29 is 27.9 Å². The molecule has 0 bridgehead atoms. The molecule has 2 heterocycles. The van der Waals surface area contributed by atoms with E-state index in [1.54, 1.807) is 66.4 Å². The third-order valence-electron chi connectivity index (χ3n) is 7.28. The van der Waals surface area contributed by atoms with E-state index in [9.17, 15) is 23.1 Å². The molecule has 10 nitrogen and oxygen atoms in total. The van der Waals surface area contributed by atoms with E-state index in [0.717, 1.165) is 5.56 Å². The van der Waals surface area contributed by atoms with Gasteiger partial charge in [-0.15, -0.1) is 0 Å². The van der Waals surface area contributed by atoms with Crippen LogP contribution in [0.4, 0.5) is 5.69 Å². The molecule has 218 valence electrons. The van der Waals surface area contributed by atoms with Crippen LogP contribution in [-0.2, 0) is 21.2 Å². The molecule has 11 heteroatoms. The highest BCUT2D eigenvalue weighted by Gasteiger charge is 2.33. The van der Waals surface area contributed by atoms with Gasteiger partial charge in [-0.3, -0.25) is 14.6 Å². The SMILES string of the molecule is Cc1ccc(S(=O)(=O)N(C)C[C@H]2Oc3ccc(NC(=O)c4ccncc4)cc3CC(=O)N([C@H](C)CO)C[C@H]2C)cc1. The van der Waals surface area contributed by atoms with Gasteiger partial charge in [0, 0.05) is 48.7 Å². The zero-order valence-electron chi connectivity index (χ0n) is 23.6. The van der Waals surface area contributed by atoms with Crippen LogP contribution in [0.5, 0.6) is 5.75 Å². The van der Waals surface area contributed by atoms with Crippen molar-refractivity contribution in [1.29, 1.82) is 0 Å². The van der Waals surface area contributed by atoms with Gasteiger partial charge < -0.3 is 20.1 Å². The quantitative estimate of drug-likeness (QED) is 0.419. The summed E-state index contributed by atoms with van der Waals surface area (Å²) < 4.78 is 34.4. The molecule has 2 aromatic carbocycles. The molecular weight excluding hydrogens is 544 g/mol. The normalized spacial score (nSPS) is 18.5. The van der Waals surface area contributed by atoms with E-state index in [0.29, 0.717) is 22.6 Å². The van der Waals surface area contributed by atoms with Gasteiger partial charge in [0.15, 0.2) is 0 Å². The highest BCUT2D eigenvalue weighted by Crippen LogP contribution is 2.30. The van der Waals surface area contributed by atoms with Gasteiger partial charge in [0.25, 0.3) is 5.91 Å². The maximum Gasteiger partial charge on any atom is 0.255 e. The number of pyridine rings is 1. The number of likely N-dealkylation sites (N-methyl/N-ethyl adjacent to an activating group) is 1. The molecule has 2 amide bonds. The predicted molar refractivity (Wildman–Crippen MR) is 155 cm³/mol. The largest absolute Gasteiger partial charge is 0.488 e. The molecule has 0 aliphatic carbocycles. The average molecular weight is 581 g/mol. The number of aliphatic hydroxyl groups is 1. The van der Waals surface area contributed by atoms with Crippen LogP contribution in [0.2, 0.25) is 0 Å². The molecule has 1 aliphatic rings. The molecule has 0 spiro atoms. The Kier molecular flexibility index (Phi) is 9.42. The number of aromatic nitrogens is 1. The van der Waals surface area contributed by atoms with Crippen LogP contribution >= 0.6 is 0 Å². The summed E-state index contributed by atoms with van der Waals surface area (Å²) in [6, 6.07) is 14.5. The molecule has 0 saturated heterocycles. The van der Waals surface area contributed by atoms with E-state index in [-0.39, 0.29) is 48.7 Å². The van der Waals surface area contributed by atoms with Gasteiger partial charge in [0.2, 0.25) is 15.9 Å². The smallest absolute Gasteiger partial charge is 0.255 e. The van der Waals surface area contributed by atoms with Gasteiger partial charge in [-0.2, -0.15) is 4.31 Å². The number of hydrogen-bond acceptors (Lipinski definition) is 7. The Hall–Kier alpha value is -3.80. The Bertz CT molecular complexity index is 1480. The zero-order chi connectivity index (χ0) is 29.7. The lowest BCUT2D eigenvalue weighted by Crippen LogP contribution is -2.48. The fourth-order valence-electron chi connectivity index (χ4n) is 4.67. The van der Waals surface area contributed by atoms with E-state index in [2.05, 4.69) is 10.3 Å². The summed E-state index contributed by atoms with van der Waals surface area (Å²) in [5.41, 5.74) is 2.41. The van der Waals surface area contributed by atoms with E-state index < -0.39 is 22.2 Å². The van der Waals surface area contributed by atoms with Gasteiger partial charge in [0.1, 0.15) is 11.9 Å². The third kappa shape index (κ3) is 7.10. The maximum absolute atomic E-state index is 13.4. The number of rotatable bonds is 8. The van der Waals surface area contributed by atoms with Crippen LogP contribution in [-0.4, -0.2) is 78.4 Å². The molecule has 0 unspecified atom stereocenters. The van der Waals surface area contributed by atoms with Crippen molar-refractivity contribution in [2.45, 2.75) is 44.2 Å². The minimum atomic E-state index is -3.80. The first-order valence-electron chi connectivity index (χ1n) is 13.4. The van der Waals surface area contributed by atoms with E-state index >= 15 is 0 Å². The zero-order valence-corrected chi connectivity index (χ0v) is 24.5. The number of ether oxygens (including phenoxy) is 1. The van der Waals surface area contributed by atoms with Crippen LogP contribution in [0.25, 0.3) is 0 Å². The number of sulfonamides is 1. The first-order valence-corrected chi connectivity index (χ1v) is 14.9. The van der Waals surface area contributed by atoms with Crippen LogP contribution in [0.1, 0.15) is 35.3 Å². The standard InChI is InChI=1S/C30H36N4O6S/c1-20-5-8-26(9-6-20)41(38,39)33(4)18-28-21(2)17-34(22(3)19-35)29(36)16-24-15-25(7-10-27(24)40-28)32-30(37)23-11-13-31-14-12-23/h5-15,21-22,28,35H,16-19H2,1-4H3,(H,32,37)/t21-,22-,28-/m1/s1. The Morgan fingerprint density at radius 3 is 2.51 bits per heavy atom. The fourth-order valence-corrected chi connectivity index (χ4v) is 5.86. The first kappa shape index (κ1) is 30.2. The number of fused-ring (bicyclic) bond motifs is 1. The van der Waals surface area contributed by atoms with Crippen molar-refractivity contribution in [2.75, 3.05) is 32.1 Å². The van der Waals surface area contributed by atoms with Crippen molar-refractivity contribution in [3.05, 3.63) is 83.7 Å². The summed E-state index contributed by atoms with van der Waals surface area (Å²) in [7, 11) is -2.29. The molecule has 0 fully saturated rings. The summed E-state index contributed by atoms with van der Waals surface area (Å²) >= 11 is 0. The van der Waals surface area contributed by atoms with Gasteiger partial charge >= 0.3 is 0 Å². The lowest BCUT2D eigenvalue weighted by molar-refractivity contribution is -0.134. The van der Waals surface area contributed by atoms with Crippen molar-refractivity contribution in [3.8, 4) is 5.75 Å². The first-order chi connectivity index (χ1) is 19.5. The van der Waals surface area contributed by atoms with Crippen LogP contribution in [0.3, 0.4) is 0 Å². The summed E-state index contributed by atoms with van der Waals surface area (Å²) in [6.07, 6.45) is 2.42. The number of carbonyl (C=O) groups is 2. The second-order valence-corrected chi connectivity index (χ2v) is 12.5. The average Bonchev–Trinajstić information content (AvgIpc) is 3.00. The van der Waals surface area contributed by atoms with Crippen molar-refractivity contribution in [3.63, 3.8) is 0 Å². The monoisotopic (exact) mass is 580 g/mol. The van der Waals surface area contributed by atoms with E-state index in [1.807, 2.05) is 13.8 Å². The molecule has 41 heavy (non-hydrogen) atoms. The molecule has 3 aromatic rings. The van der Waals surface area contributed by atoms with Crippen molar-refractivity contribution in [2.24, 2.45) is 5.92 Å². The Morgan fingerprint density at radius 2 is 1.85 bits per heavy atom. The van der Waals surface area contributed by atoms with Crippen LogP contribution in [0, 0.1) is 12.8 Å². The molecule has 0 saturated carbocycles. The fraction of sp³-hybridized carbons (Fsp3) is 0.367. The summed E-state index contributed by atoms with van der Waals surface area (Å²) in [6.45, 7) is 5.63. The maximum atomic E-state index is 13.4. The van der Waals surface area contributed by atoms with E-state index in [1.165, 1.54) is 23.7 Å². The summed E-state index contributed by atoms with van der Waals surface area (Å²) in [5, 5.41) is 12.7.